The van der Waals surface area contributed by atoms with Crippen molar-refractivity contribution in [3.63, 3.8) is 0 Å². The van der Waals surface area contributed by atoms with Gasteiger partial charge in [0, 0.05) is 20.0 Å². The summed E-state index contributed by atoms with van der Waals surface area (Å²) in [4.78, 5) is 0. The molecule has 2 saturated heterocycles. The number of aliphatic hydroxyl groups excluding tert-OH is 2. The van der Waals surface area contributed by atoms with Gasteiger partial charge in [0.2, 0.25) is 20.8 Å². The minimum atomic E-state index is -4.92. The summed E-state index contributed by atoms with van der Waals surface area (Å²) in [5.41, 5.74) is 0. The third-order valence-corrected chi connectivity index (χ3v) is 6.93. The molecule has 0 bridgehead atoms. The smallest absolute Gasteiger partial charge is 0.217 e. The summed E-state index contributed by atoms with van der Waals surface area (Å²) >= 11 is 0. The molecular weight excluding hydrogens is 628 g/mol. The zero-order valence-corrected chi connectivity index (χ0v) is 23.2. The van der Waals surface area contributed by atoms with Crippen molar-refractivity contribution in [2.45, 2.75) is 68.7 Å². The van der Waals surface area contributed by atoms with Crippen LogP contribution >= 0.6 is 0 Å². The maximum Gasteiger partial charge on any atom is 0.217 e. The Balaban J connectivity index is 0.000000391. The van der Waals surface area contributed by atoms with Gasteiger partial charge in [-0.1, -0.05) is 0 Å². The van der Waals surface area contributed by atoms with Gasteiger partial charge in [0.15, 0.2) is 26.9 Å². The van der Waals surface area contributed by atoms with E-state index in [1.807, 2.05) is 0 Å². The van der Waals surface area contributed by atoms with Crippen molar-refractivity contribution in [2.24, 2.45) is 0 Å². The highest BCUT2D eigenvalue weighted by molar-refractivity contribution is 7.84. The summed E-state index contributed by atoms with van der Waals surface area (Å²) in [6.45, 7) is 0.119. The lowest BCUT2D eigenvalue weighted by atomic mass is 9.97. The van der Waals surface area contributed by atoms with Crippen LogP contribution in [-0.2, 0) is 64.0 Å². The fraction of sp³-hybridized carbons (Fsp3) is 1.00. The zero-order chi connectivity index (χ0) is 30.4. The van der Waals surface area contributed by atoms with Crippen molar-refractivity contribution in [3.05, 3.63) is 0 Å². The van der Waals surface area contributed by atoms with E-state index in [-0.39, 0.29) is 12.8 Å². The van der Waals surface area contributed by atoms with Crippen molar-refractivity contribution in [3.8, 4) is 0 Å². The minimum Gasteiger partial charge on any atom is -0.735 e. The molecule has 6 unspecified atom stereocenters. The third kappa shape index (κ3) is 15.2. The SMILES string of the molecule is CC1OC(COS(=O)(=O)[O-])CC(O)C1NS(=O)(=O)[O-].CO[C@@H]1OC(COS(=O)(=O)[O-])CC(O)[C@@H]1NS(=O)(=O)[O-]. The largest absolute Gasteiger partial charge is 0.735 e. The molecule has 2 aliphatic heterocycles. The zero-order valence-electron chi connectivity index (χ0n) is 19.9. The topological polar surface area (TPSA) is 339 Å². The van der Waals surface area contributed by atoms with E-state index >= 15 is 0 Å². The summed E-state index contributed by atoms with van der Waals surface area (Å²) in [5.74, 6) is 0. The normalized spacial score (nSPS) is 32.7. The van der Waals surface area contributed by atoms with E-state index in [0.29, 0.717) is 0 Å². The molecule has 2 aliphatic rings. The first-order chi connectivity index (χ1) is 17.5. The van der Waals surface area contributed by atoms with Gasteiger partial charge in [0.1, 0.15) is 0 Å². The number of nitrogens with one attached hydrogen (secondary N) is 2. The van der Waals surface area contributed by atoms with Crippen LogP contribution in [0.25, 0.3) is 0 Å². The molecule has 0 amide bonds. The van der Waals surface area contributed by atoms with E-state index in [9.17, 15) is 62.1 Å². The Labute approximate surface area is 224 Å². The van der Waals surface area contributed by atoms with Crippen LogP contribution in [0.3, 0.4) is 0 Å². The Hall–Kier alpha value is -0.720. The van der Waals surface area contributed by atoms with Crippen molar-refractivity contribution in [2.75, 3.05) is 20.3 Å². The van der Waals surface area contributed by atoms with Gasteiger partial charge >= 0.3 is 0 Å². The number of hydrogen-bond acceptors (Lipinski definition) is 19. The second-order valence-corrected chi connectivity index (χ2v) is 12.4. The van der Waals surface area contributed by atoms with Crippen LogP contribution in [0.2, 0.25) is 0 Å². The summed E-state index contributed by atoms with van der Waals surface area (Å²) in [5, 5.41) is 19.4. The Morgan fingerprint density at radius 2 is 1.13 bits per heavy atom. The number of ether oxygens (including phenoxy) is 3. The molecule has 39 heavy (non-hydrogen) atoms. The number of methoxy groups -OCH3 is 1. The van der Waals surface area contributed by atoms with E-state index in [1.54, 1.807) is 9.44 Å². The second kappa shape index (κ2) is 14.4. The molecule has 0 aromatic rings. The molecule has 0 saturated carbocycles. The monoisotopic (exact) mass is 654 g/mol. The number of hydrogen-bond donors (Lipinski definition) is 4. The van der Waals surface area contributed by atoms with Crippen LogP contribution in [0, 0.1) is 0 Å². The Morgan fingerprint density at radius 3 is 1.49 bits per heavy atom. The van der Waals surface area contributed by atoms with Gasteiger partial charge in [-0.05, 0) is 6.92 Å². The molecule has 2 heterocycles. The van der Waals surface area contributed by atoms with Crippen molar-refractivity contribution >= 4 is 41.4 Å². The van der Waals surface area contributed by atoms with Gasteiger partial charge in [-0.2, -0.15) is 0 Å². The lowest BCUT2D eigenvalue weighted by Crippen LogP contribution is -2.58. The van der Waals surface area contributed by atoms with Crippen molar-refractivity contribution in [1.29, 1.82) is 0 Å². The average Bonchev–Trinajstić information content (AvgIpc) is 2.73. The molecule has 0 aromatic carbocycles. The Morgan fingerprint density at radius 1 is 0.744 bits per heavy atom. The quantitative estimate of drug-likeness (QED) is 0.119. The average molecular weight is 655 g/mol. The van der Waals surface area contributed by atoms with Gasteiger partial charge in [0.05, 0.1) is 55.8 Å². The van der Waals surface area contributed by atoms with Crippen LogP contribution in [0.1, 0.15) is 19.8 Å². The standard InChI is InChI=1S/C7H15NO10S2.C7H15NO9S2/c1-16-7-6(8-19(10,11)12)5(9)2-4(18-7)3-17-20(13,14)15;1-4-7(8-18(10,11)12)6(9)2-5(17-4)3-16-19(13,14)15/h4-9H,2-3H2,1H3,(H,10,11,12)(H,13,14,15);4-9H,2-3H2,1H3,(H,10,11,12)(H,13,14,15)/p-4/t4?,5?,6-,7+;/m0./s1. The van der Waals surface area contributed by atoms with Crippen LogP contribution < -0.4 is 9.44 Å². The molecule has 0 spiro atoms. The van der Waals surface area contributed by atoms with E-state index in [2.05, 4.69) is 8.37 Å². The second-order valence-electron chi connectivity index (χ2n) is 8.01. The molecule has 4 N–H and O–H groups in total. The van der Waals surface area contributed by atoms with Crippen LogP contribution in [0.5, 0.6) is 0 Å². The van der Waals surface area contributed by atoms with Gasteiger partial charge < -0.3 is 42.6 Å². The van der Waals surface area contributed by atoms with E-state index in [0.717, 1.165) is 7.11 Å². The molecule has 0 aliphatic carbocycles. The Kier molecular flexibility index (Phi) is 13.4. The van der Waals surface area contributed by atoms with E-state index in [4.69, 9.17) is 14.2 Å². The maximum absolute atomic E-state index is 10.6. The molecule has 25 heteroatoms. The molecule has 234 valence electrons. The molecule has 21 nitrogen and oxygen atoms in total. The summed E-state index contributed by atoms with van der Waals surface area (Å²) < 4.78 is 151. The van der Waals surface area contributed by atoms with Crippen molar-refractivity contribution in [1.82, 2.24) is 9.44 Å². The lowest BCUT2D eigenvalue weighted by molar-refractivity contribution is -0.222. The number of rotatable bonds is 11. The number of aliphatic hydroxyl groups is 2. The highest BCUT2D eigenvalue weighted by atomic mass is 32.3. The fourth-order valence-corrected chi connectivity index (χ4v) is 5.40. The van der Waals surface area contributed by atoms with Crippen molar-refractivity contribution < 1.29 is 84.7 Å². The highest BCUT2D eigenvalue weighted by Crippen LogP contribution is 2.23. The van der Waals surface area contributed by atoms with Gasteiger partial charge in [-0.25, -0.2) is 43.1 Å². The van der Waals surface area contributed by atoms with E-state index in [1.165, 1.54) is 6.92 Å². The molecule has 0 radical (unpaired) electrons. The first-order valence-corrected chi connectivity index (χ1v) is 15.8. The fourth-order valence-electron chi connectivity index (χ4n) is 3.48. The minimum absolute atomic E-state index is 0.187. The molecular formula is C14H26N2O19S4-4. The molecule has 8 atom stereocenters. The summed E-state index contributed by atoms with van der Waals surface area (Å²) in [6, 6.07) is -2.51. The predicted molar refractivity (Wildman–Crippen MR) is 116 cm³/mol. The molecule has 2 rings (SSSR count). The first kappa shape index (κ1) is 36.3. The van der Waals surface area contributed by atoms with Crippen LogP contribution in [-0.4, -0.2) is 131 Å². The maximum atomic E-state index is 10.6. The van der Waals surface area contributed by atoms with Crippen LogP contribution in [0.15, 0.2) is 0 Å². The van der Waals surface area contributed by atoms with Gasteiger partial charge in [0.25, 0.3) is 0 Å². The van der Waals surface area contributed by atoms with E-state index < -0.39 is 104 Å². The van der Waals surface area contributed by atoms with Crippen LogP contribution in [0.4, 0.5) is 0 Å². The first-order valence-electron chi connectivity index (χ1n) is 10.4. The van der Waals surface area contributed by atoms with Gasteiger partial charge in [-0.15, -0.1) is 0 Å². The van der Waals surface area contributed by atoms with Gasteiger partial charge in [-0.3, -0.25) is 8.37 Å². The Bertz CT molecular complexity index is 1190. The predicted octanol–water partition coefficient (Wildman–Crippen LogP) is -5.58. The third-order valence-electron chi connectivity index (χ3n) is 4.96. The molecule has 2 fully saturated rings. The highest BCUT2D eigenvalue weighted by Gasteiger charge is 2.39. The molecule has 0 aromatic heterocycles. The lowest BCUT2D eigenvalue weighted by Gasteiger charge is -2.39. The summed E-state index contributed by atoms with van der Waals surface area (Å²) in [6.07, 6.45) is -7.26. The summed E-state index contributed by atoms with van der Waals surface area (Å²) in [7, 11) is -18.3.